The van der Waals surface area contributed by atoms with E-state index in [0.29, 0.717) is 12.3 Å². The molecule has 0 amide bonds. The smallest absolute Gasteiger partial charge is 0.325 e. The van der Waals surface area contributed by atoms with Gasteiger partial charge in [0.1, 0.15) is 13.2 Å². The molecule has 0 heterocycles. The molecular weight excluding hydrogens is 272 g/mol. The minimum absolute atomic E-state index is 0.0146. The van der Waals surface area contributed by atoms with Gasteiger partial charge in [-0.2, -0.15) is 0 Å². The number of nitrogens with one attached hydrogen (secondary N) is 1. The lowest BCUT2D eigenvalue weighted by atomic mass is 10.3. The van der Waals surface area contributed by atoms with Gasteiger partial charge < -0.3 is 14.8 Å². The Morgan fingerprint density at radius 1 is 1.26 bits per heavy atom. The second-order valence-electron chi connectivity index (χ2n) is 3.64. The van der Waals surface area contributed by atoms with Gasteiger partial charge in [0.25, 0.3) is 0 Å². The molecule has 0 bridgehead atoms. The van der Waals surface area contributed by atoms with Gasteiger partial charge >= 0.3 is 5.97 Å². The van der Waals surface area contributed by atoms with Gasteiger partial charge in [0, 0.05) is 12.8 Å². The Bertz CT molecular complexity index is 512. The fourth-order valence-electron chi connectivity index (χ4n) is 1.23. The molecule has 0 saturated heterocycles. The summed E-state index contributed by atoms with van der Waals surface area (Å²) in [4.78, 5) is 11.3. The maximum absolute atomic E-state index is 11.3. The van der Waals surface area contributed by atoms with Crippen LogP contribution in [0.1, 0.15) is 0 Å². The van der Waals surface area contributed by atoms with E-state index in [-0.39, 0.29) is 18.0 Å². The van der Waals surface area contributed by atoms with E-state index in [1.807, 2.05) is 0 Å². The first kappa shape index (κ1) is 15.4. The third-order valence-corrected chi connectivity index (χ3v) is 3.10. The maximum Gasteiger partial charge on any atom is 0.325 e. The zero-order valence-corrected chi connectivity index (χ0v) is 11.3. The SMILES string of the molecule is COCCOC(=O)CNc1ccc(S(N)(=O)=O)cc1. The van der Waals surface area contributed by atoms with Gasteiger partial charge in [-0.15, -0.1) is 0 Å². The standard InChI is InChI=1S/C11H16N2O5S/c1-17-6-7-18-11(14)8-13-9-2-4-10(5-3-9)19(12,15)16/h2-5,13H,6-8H2,1H3,(H2,12,15,16). The summed E-state index contributed by atoms with van der Waals surface area (Å²) >= 11 is 0. The summed E-state index contributed by atoms with van der Waals surface area (Å²) in [5.41, 5.74) is 0.594. The molecule has 0 aliphatic rings. The molecule has 0 atom stereocenters. The van der Waals surface area contributed by atoms with Crippen LogP contribution in [0.3, 0.4) is 0 Å². The number of primary sulfonamides is 1. The Labute approximate surface area is 111 Å². The molecule has 1 aromatic rings. The van der Waals surface area contributed by atoms with Crippen LogP contribution in [-0.2, 0) is 24.3 Å². The topological polar surface area (TPSA) is 108 Å². The lowest BCUT2D eigenvalue weighted by Gasteiger charge is -2.07. The molecule has 19 heavy (non-hydrogen) atoms. The minimum Gasteiger partial charge on any atom is -0.462 e. The van der Waals surface area contributed by atoms with E-state index < -0.39 is 16.0 Å². The zero-order valence-electron chi connectivity index (χ0n) is 10.5. The highest BCUT2D eigenvalue weighted by atomic mass is 32.2. The number of sulfonamides is 1. The number of esters is 1. The van der Waals surface area contributed by atoms with Gasteiger partial charge in [-0.1, -0.05) is 0 Å². The van der Waals surface area contributed by atoms with Crippen molar-refractivity contribution in [2.45, 2.75) is 4.90 Å². The molecular formula is C11H16N2O5S. The van der Waals surface area contributed by atoms with Crippen LogP contribution < -0.4 is 10.5 Å². The van der Waals surface area contributed by atoms with Crippen molar-refractivity contribution >= 4 is 21.7 Å². The molecule has 0 spiro atoms. The first-order chi connectivity index (χ1) is 8.93. The summed E-state index contributed by atoms with van der Waals surface area (Å²) < 4.78 is 31.6. The Kier molecular flexibility index (Phi) is 5.74. The summed E-state index contributed by atoms with van der Waals surface area (Å²) in [6, 6.07) is 5.74. The molecule has 7 nitrogen and oxygen atoms in total. The van der Waals surface area contributed by atoms with Crippen LogP contribution in [0.15, 0.2) is 29.2 Å². The largest absolute Gasteiger partial charge is 0.462 e. The molecule has 0 unspecified atom stereocenters. The number of carbonyl (C=O) groups excluding carboxylic acids is 1. The van der Waals surface area contributed by atoms with E-state index in [9.17, 15) is 13.2 Å². The van der Waals surface area contributed by atoms with Gasteiger partial charge in [-0.25, -0.2) is 13.6 Å². The molecule has 3 N–H and O–H groups in total. The summed E-state index contributed by atoms with van der Waals surface area (Å²) in [6.45, 7) is 0.522. The Morgan fingerprint density at radius 2 is 1.89 bits per heavy atom. The molecule has 1 rings (SSSR count). The number of carbonyl (C=O) groups is 1. The van der Waals surface area contributed by atoms with E-state index in [2.05, 4.69) is 5.32 Å². The summed E-state index contributed by atoms with van der Waals surface area (Å²) in [5.74, 6) is -0.424. The lowest BCUT2D eigenvalue weighted by Crippen LogP contribution is -2.19. The second kappa shape index (κ2) is 7.07. The zero-order chi connectivity index (χ0) is 14.3. The molecule has 0 aromatic heterocycles. The molecule has 0 aliphatic heterocycles. The van der Waals surface area contributed by atoms with E-state index in [0.717, 1.165) is 0 Å². The van der Waals surface area contributed by atoms with Crippen molar-refractivity contribution < 1.29 is 22.7 Å². The van der Waals surface area contributed by atoms with Crippen molar-refractivity contribution in [1.82, 2.24) is 0 Å². The van der Waals surface area contributed by atoms with Crippen LogP contribution in [-0.4, -0.2) is 41.3 Å². The number of ether oxygens (including phenoxy) is 2. The van der Waals surface area contributed by atoms with Gasteiger partial charge in [0.2, 0.25) is 10.0 Å². The average molecular weight is 288 g/mol. The summed E-state index contributed by atoms with van der Waals surface area (Å²) in [7, 11) is -2.19. The predicted octanol–water partition coefficient (Wildman–Crippen LogP) is -0.0645. The Balaban J connectivity index is 2.44. The van der Waals surface area contributed by atoms with Gasteiger partial charge in [-0.3, -0.25) is 4.79 Å². The van der Waals surface area contributed by atoms with Gasteiger partial charge in [0.05, 0.1) is 11.5 Å². The summed E-state index contributed by atoms with van der Waals surface area (Å²) in [6.07, 6.45) is 0. The van der Waals surface area contributed by atoms with Crippen LogP contribution in [0.5, 0.6) is 0 Å². The highest BCUT2D eigenvalue weighted by Gasteiger charge is 2.07. The van der Waals surface area contributed by atoms with Crippen LogP contribution in [0.25, 0.3) is 0 Å². The Morgan fingerprint density at radius 3 is 2.42 bits per heavy atom. The first-order valence-electron chi connectivity index (χ1n) is 5.45. The van der Waals surface area contributed by atoms with Crippen molar-refractivity contribution in [3.8, 4) is 0 Å². The van der Waals surface area contributed by atoms with E-state index in [1.165, 1.54) is 31.4 Å². The quantitative estimate of drug-likeness (QED) is 0.537. The second-order valence-corrected chi connectivity index (χ2v) is 5.20. The number of methoxy groups -OCH3 is 1. The molecule has 106 valence electrons. The lowest BCUT2D eigenvalue weighted by molar-refractivity contribution is -0.142. The van der Waals surface area contributed by atoms with Gasteiger partial charge in [0.15, 0.2) is 0 Å². The van der Waals surface area contributed by atoms with Crippen LogP contribution in [0.4, 0.5) is 5.69 Å². The fourth-order valence-corrected chi connectivity index (χ4v) is 1.74. The van der Waals surface area contributed by atoms with E-state index in [1.54, 1.807) is 0 Å². The van der Waals surface area contributed by atoms with Crippen LogP contribution in [0, 0.1) is 0 Å². The normalized spacial score (nSPS) is 11.1. The Hall–Kier alpha value is -1.64. The highest BCUT2D eigenvalue weighted by molar-refractivity contribution is 7.89. The maximum atomic E-state index is 11.3. The minimum atomic E-state index is -3.70. The highest BCUT2D eigenvalue weighted by Crippen LogP contribution is 2.12. The number of benzene rings is 1. The van der Waals surface area contributed by atoms with Crippen molar-refractivity contribution in [2.24, 2.45) is 5.14 Å². The molecule has 0 radical (unpaired) electrons. The molecule has 0 fully saturated rings. The van der Waals surface area contributed by atoms with Crippen molar-refractivity contribution in [1.29, 1.82) is 0 Å². The average Bonchev–Trinajstić information content (AvgIpc) is 2.36. The van der Waals surface area contributed by atoms with Crippen molar-refractivity contribution in [2.75, 3.05) is 32.2 Å². The number of rotatable bonds is 7. The van der Waals surface area contributed by atoms with Crippen molar-refractivity contribution in [3.05, 3.63) is 24.3 Å². The predicted molar refractivity (Wildman–Crippen MR) is 69.1 cm³/mol. The molecule has 0 aliphatic carbocycles. The van der Waals surface area contributed by atoms with E-state index >= 15 is 0 Å². The van der Waals surface area contributed by atoms with Crippen LogP contribution >= 0.6 is 0 Å². The number of hydrogen-bond acceptors (Lipinski definition) is 6. The number of hydrogen-bond donors (Lipinski definition) is 2. The van der Waals surface area contributed by atoms with Gasteiger partial charge in [-0.05, 0) is 24.3 Å². The third-order valence-electron chi connectivity index (χ3n) is 2.17. The molecule has 1 aromatic carbocycles. The number of nitrogens with two attached hydrogens (primary N) is 1. The molecule has 0 saturated carbocycles. The molecule has 8 heteroatoms. The monoisotopic (exact) mass is 288 g/mol. The fraction of sp³-hybridized carbons (Fsp3) is 0.364. The number of anilines is 1. The van der Waals surface area contributed by atoms with Crippen molar-refractivity contribution in [3.63, 3.8) is 0 Å². The van der Waals surface area contributed by atoms with E-state index in [4.69, 9.17) is 14.6 Å². The summed E-state index contributed by atoms with van der Waals surface area (Å²) in [5, 5.41) is 7.76. The first-order valence-corrected chi connectivity index (χ1v) is 6.99. The van der Waals surface area contributed by atoms with Crippen LogP contribution in [0.2, 0.25) is 0 Å². The third kappa shape index (κ3) is 5.69.